The van der Waals surface area contributed by atoms with Crippen molar-refractivity contribution in [2.45, 2.75) is 6.42 Å². The molecule has 0 heterocycles. The van der Waals surface area contributed by atoms with Crippen LogP contribution in [0.4, 0.5) is 0 Å². The molecule has 5 heteroatoms. The van der Waals surface area contributed by atoms with Gasteiger partial charge in [-0.15, -0.1) is 0 Å². The van der Waals surface area contributed by atoms with Gasteiger partial charge in [-0.1, -0.05) is 6.92 Å². The zero-order valence-electron chi connectivity index (χ0n) is 3.79. The standard InChI is InChI=1S/C3H7O3S.K.H/c1-2-3-7(4,5)6;;/h1-3H2,(H,4,5,6);;. The van der Waals surface area contributed by atoms with Gasteiger partial charge in [0.1, 0.15) is 0 Å². The van der Waals surface area contributed by atoms with Crippen LogP contribution in [-0.2, 0) is 10.1 Å². The van der Waals surface area contributed by atoms with E-state index in [1.807, 2.05) is 0 Å². The summed E-state index contributed by atoms with van der Waals surface area (Å²) in [4.78, 5) is 0. The number of hydrogen-bond acceptors (Lipinski definition) is 2. The normalized spacial score (nSPS) is 10.2. The van der Waals surface area contributed by atoms with Crippen LogP contribution in [0.5, 0.6) is 0 Å². The van der Waals surface area contributed by atoms with Gasteiger partial charge in [0, 0.05) is 0 Å². The molecule has 0 aromatic rings. The van der Waals surface area contributed by atoms with E-state index in [0.717, 1.165) is 0 Å². The van der Waals surface area contributed by atoms with Crippen LogP contribution < -0.4 is 0 Å². The van der Waals surface area contributed by atoms with Crippen molar-refractivity contribution in [3.63, 3.8) is 0 Å². The van der Waals surface area contributed by atoms with E-state index >= 15 is 0 Å². The average Bonchev–Trinajstić information content (AvgIpc) is 1.30. The van der Waals surface area contributed by atoms with Gasteiger partial charge in [0.25, 0.3) is 10.1 Å². The van der Waals surface area contributed by atoms with E-state index in [4.69, 9.17) is 4.55 Å². The Bertz CT molecular complexity index is 127. The molecule has 0 amide bonds. The van der Waals surface area contributed by atoms with E-state index in [1.54, 1.807) is 0 Å². The van der Waals surface area contributed by atoms with E-state index in [1.165, 1.54) is 0 Å². The van der Waals surface area contributed by atoms with E-state index < -0.39 is 10.1 Å². The topological polar surface area (TPSA) is 54.4 Å². The summed E-state index contributed by atoms with van der Waals surface area (Å²) in [6, 6.07) is 0. The quantitative estimate of drug-likeness (QED) is 0.439. The molecule has 45 valence electrons. The maximum absolute atomic E-state index is 9.75. The summed E-state index contributed by atoms with van der Waals surface area (Å²) in [6.07, 6.45) is 0.221. The first-order chi connectivity index (χ1) is 3.06. The third-order valence-electron chi connectivity index (χ3n) is 0.402. The summed E-state index contributed by atoms with van der Waals surface area (Å²) in [7, 11) is -3.74. The molecule has 0 unspecified atom stereocenters. The van der Waals surface area contributed by atoms with Crippen molar-refractivity contribution in [1.29, 1.82) is 0 Å². The SMILES string of the molecule is [CH2]CCS(=O)(=O)O.[KH]. The van der Waals surface area contributed by atoms with Crippen molar-refractivity contribution < 1.29 is 13.0 Å². The van der Waals surface area contributed by atoms with Crippen molar-refractivity contribution >= 4 is 61.5 Å². The molecule has 0 aliphatic rings. The maximum atomic E-state index is 9.75. The zero-order valence-corrected chi connectivity index (χ0v) is 4.61. The predicted molar refractivity (Wildman–Crippen MR) is 33.5 cm³/mol. The third kappa shape index (κ3) is 10.5. The van der Waals surface area contributed by atoms with E-state index in [0.29, 0.717) is 0 Å². The summed E-state index contributed by atoms with van der Waals surface area (Å²) >= 11 is 0. The molecule has 0 aromatic carbocycles. The fourth-order valence-electron chi connectivity index (χ4n) is 0.182. The van der Waals surface area contributed by atoms with Crippen molar-refractivity contribution in [2.24, 2.45) is 0 Å². The molecule has 0 bridgehead atoms. The second-order valence-corrected chi connectivity index (χ2v) is 2.71. The first kappa shape index (κ1) is 12.2. The minimum atomic E-state index is -3.74. The molecule has 8 heavy (non-hydrogen) atoms. The Hall–Kier alpha value is 1.55. The van der Waals surface area contributed by atoms with Crippen LogP contribution in [0.25, 0.3) is 0 Å². The zero-order chi connectivity index (χ0) is 5.91. The molecule has 0 atom stereocenters. The van der Waals surface area contributed by atoms with Crippen molar-refractivity contribution in [2.75, 3.05) is 5.75 Å². The van der Waals surface area contributed by atoms with Crippen LogP contribution in [0.2, 0.25) is 0 Å². The molecule has 0 aliphatic carbocycles. The molecule has 1 radical (unpaired) electrons. The molecular formula is C3H8KO3S. The second kappa shape index (κ2) is 5.34. The Morgan fingerprint density at radius 3 is 1.88 bits per heavy atom. The summed E-state index contributed by atoms with van der Waals surface area (Å²) < 4.78 is 27.4. The number of hydrogen-bond donors (Lipinski definition) is 1. The van der Waals surface area contributed by atoms with Crippen molar-refractivity contribution in [1.82, 2.24) is 0 Å². The van der Waals surface area contributed by atoms with Crippen LogP contribution in [-0.4, -0.2) is 70.1 Å². The van der Waals surface area contributed by atoms with Gasteiger partial charge in [-0.25, -0.2) is 0 Å². The molecular weight excluding hydrogens is 155 g/mol. The Morgan fingerprint density at radius 1 is 1.50 bits per heavy atom. The molecule has 0 fully saturated rings. The Morgan fingerprint density at radius 2 is 1.88 bits per heavy atom. The van der Waals surface area contributed by atoms with Gasteiger partial charge in [0.15, 0.2) is 0 Å². The van der Waals surface area contributed by atoms with Crippen LogP contribution in [0, 0.1) is 6.92 Å². The third-order valence-corrected chi connectivity index (χ3v) is 1.21. The van der Waals surface area contributed by atoms with E-state index in [9.17, 15) is 8.42 Å². The molecule has 0 rings (SSSR count). The van der Waals surface area contributed by atoms with Gasteiger partial charge >= 0.3 is 51.4 Å². The van der Waals surface area contributed by atoms with Gasteiger partial charge < -0.3 is 0 Å². The Kier molecular flexibility index (Phi) is 8.17. The summed E-state index contributed by atoms with van der Waals surface area (Å²) in [5.41, 5.74) is 0. The molecule has 0 aromatic heterocycles. The molecule has 1 N–H and O–H groups in total. The summed E-state index contributed by atoms with van der Waals surface area (Å²) in [6.45, 7) is 3.23. The summed E-state index contributed by atoms with van der Waals surface area (Å²) in [5, 5.41) is 0. The molecule has 0 saturated carbocycles. The van der Waals surface area contributed by atoms with Crippen molar-refractivity contribution in [3.8, 4) is 0 Å². The van der Waals surface area contributed by atoms with Gasteiger partial charge in [0.2, 0.25) is 0 Å². The first-order valence-corrected chi connectivity index (χ1v) is 3.41. The second-order valence-electron chi connectivity index (χ2n) is 1.14. The first-order valence-electron chi connectivity index (χ1n) is 1.80. The van der Waals surface area contributed by atoms with E-state index in [2.05, 4.69) is 6.92 Å². The minimum absolute atomic E-state index is 0. The Labute approximate surface area is 92.0 Å². The van der Waals surface area contributed by atoms with Crippen LogP contribution in [0.15, 0.2) is 0 Å². The summed E-state index contributed by atoms with van der Waals surface area (Å²) in [5.74, 6) is -0.243. The number of rotatable bonds is 2. The van der Waals surface area contributed by atoms with Crippen molar-refractivity contribution in [3.05, 3.63) is 6.92 Å². The van der Waals surface area contributed by atoms with Gasteiger partial charge in [0.05, 0.1) is 5.75 Å². The van der Waals surface area contributed by atoms with Gasteiger partial charge in [-0.3, -0.25) is 4.55 Å². The molecule has 0 spiro atoms. The van der Waals surface area contributed by atoms with Crippen LogP contribution >= 0.6 is 0 Å². The molecule has 0 aliphatic heterocycles. The molecule has 3 nitrogen and oxygen atoms in total. The fourth-order valence-corrected chi connectivity index (χ4v) is 0.547. The average molecular weight is 163 g/mol. The van der Waals surface area contributed by atoms with Crippen LogP contribution in [0.1, 0.15) is 6.42 Å². The van der Waals surface area contributed by atoms with E-state index in [-0.39, 0.29) is 63.6 Å². The fraction of sp³-hybridized carbons (Fsp3) is 0.667. The van der Waals surface area contributed by atoms with Gasteiger partial charge in [-0.2, -0.15) is 8.42 Å². The van der Waals surface area contributed by atoms with Crippen LogP contribution in [0.3, 0.4) is 0 Å². The molecule has 0 saturated heterocycles. The van der Waals surface area contributed by atoms with Gasteiger partial charge in [-0.05, 0) is 6.42 Å². The monoisotopic (exact) mass is 163 g/mol. The Balaban J connectivity index is 0. The predicted octanol–water partition coefficient (Wildman–Crippen LogP) is -0.550.